The zero-order valence-corrected chi connectivity index (χ0v) is 13.1. The number of hydrogen-bond donors (Lipinski definition) is 2. The molecule has 2 rings (SSSR count). The zero-order valence-electron chi connectivity index (χ0n) is 13.1. The van der Waals surface area contributed by atoms with Crippen molar-refractivity contribution < 1.29 is 0 Å². The second-order valence-electron chi connectivity index (χ2n) is 6.91. The number of benzene rings is 1. The van der Waals surface area contributed by atoms with Gasteiger partial charge in [-0.25, -0.2) is 0 Å². The monoisotopic (exact) mass is 274 g/mol. The summed E-state index contributed by atoms with van der Waals surface area (Å²) in [6.07, 6.45) is 9.00. The summed E-state index contributed by atoms with van der Waals surface area (Å²) in [5, 5.41) is 0. The van der Waals surface area contributed by atoms with Gasteiger partial charge >= 0.3 is 0 Å². The number of nitrogens with one attached hydrogen (secondary N) is 1. The van der Waals surface area contributed by atoms with Gasteiger partial charge in [-0.15, -0.1) is 0 Å². The van der Waals surface area contributed by atoms with E-state index in [1.807, 2.05) is 0 Å². The smallest absolute Gasteiger partial charge is 0.0270 e. The topological polar surface area (TPSA) is 38.0 Å². The van der Waals surface area contributed by atoms with Crippen LogP contribution in [0.3, 0.4) is 0 Å². The van der Waals surface area contributed by atoms with Gasteiger partial charge in [-0.3, -0.25) is 11.3 Å². The summed E-state index contributed by atoms with van der Waals surface area (Å²) in [7, 11) is 0. The summed E-state index contributed by atoms with van der Waals surface area (Å²) >= 11 is 0. The van der Waals surface area contributed by atoms with E-state index in [1.54, 1.807) is 0 Å². The summed E-state index contributed by atoms with van der Waals surface area (Å²) in [6.45, 7) is 4.68. The van der Waals surface area contributed by atoms with Crippen LogP contribution in [0.1, 0.15) is 57.9 Å². The van der Waals surface area contributed by atoms with Crippen molar-refractivity contribution in [1.82, 2.24) is 5.43 Å². The Morgan fingerprint density at radius 3 is 2.35 bits per heavy atom. The molecule has 1 fully saturated rings. The summed E-state index contributed by atoms with van der Waals surface area (Å²) in [6, 6.07) is 11.2. The molecule has 0 saturated heterocycles. The lowest BCUT2D eigenvalue weighted by atomic mass is 9.71. The second-order valence-corrected chi connectivity index (χ2v) is 6.91. The third kappa shape index (κ3) is 3.83. The highest BCUT2D eigenvalue weighted by Crippen LogP contribution is 2.46. The molecule has 20 heavy (non-hydrogen) atoms. The third-order valence-corrected chi connectivity index (χ3v) is 4.92. The van der Waals surface area contributed by atoms with E-state index in [0.717, 1.165) is 18.8 Å². The van der Waals surface area contributed by atoms with Crippen LogP contribution in [-0.2, 0) is 6.42 Å². The Morgan fingerprint density at radius 1 is 1.15 bits per heavy atom. The largest absolute Gasteiger partial charge is 0.271 e. The van der Waals surface area contributed by atoms with Crippen molar-refractivity contribution in [1.29, 1.82) is 0 Å². The average Bonchev–Trinajstić information content (AvgIpc) is 2.89. The fraction of sp³-hybridized carbons (Fsp3) is 0.667. The maximum absolute atomic E-state index is 5.93. The molecule has 2 nitrogen and oxygen atoms in total. The Hall–Kier alpha value is -0.860. The maximum Gasteiger partial charge on any atom is 0.0270 e. The van der Waals surface area contributed by atoms with E-state index >= 15 is 0 Å². The van der Waals surface area contributed by atoms with Crippen molar-refractivity contribution in [3.05, 3.63) is 35.9 Å². The van der Waals surface area contributed by atoms with Crippen LogP contribution in [0.25, 0.3) is 0 Å². The van der Waals surface area contributed by atoms with Crippen LogP contribution < -0.4 is 11.3 Å². The molecule has 0 radical (unpaired) electrons. The Labute approximate surface area is 124 Å². The van der Waals surface area contributed by atoms with Crippen molar-refractivity contribution in [3.8, 4) is 0 Å². The molecule has 1 aliphatic carbocycles. The highest BCUT2D eigenvalue weighted by molar-refractivity contribution is 5.15. The number of hydrazine groups is 1. The molecule has 0 aliphatic heterocycles. The van der Waals surface area contributed by atoms with Crippen molar-refractivity contribution in [2.45, 2.75) is 64.8 Å². The van der Waals surface area contributed by atoms with E-state index in [2.05, 4.69) is 49.6 Å². The van der Waals surface area contributed by atoms with Crippen LogP contribution in [0, 0.1) is 11.3 Å². The lowest BCUT2D eigenvalue weighted by molar-refractivity contribution is 0.148. The van der Waals surface area contributed by atoms with E-state index in [-0.39, 0.29) is 0 Å². The molecule has 0 amide bonds. The minimum absolute atomic E-state index is 0.428. The summed E-state index contributed by atoms with van der Waals surface area (Å²) in [5.74, 6) is 6.68. The summed E-state index contributed by atoms with van der Waals surface area (Å²) < 4.78 is 0. The summed E-state index contributed by atoms with van der Waals surface area (Å²) in [4.78, 5) is 0. The summed E-state index contributed by atoms with van der Waals surface area (Å²) in [5.41, 5.74) is 5.01. The van der Waals surface area contributed by atoms with E-state index in [4.69, 9.17) is 5.84 Å². The normalized spacial score (nSPS) is 19.4. The highest BCUT2D eigenvalue weighted by Gasteiger charge is 2.40. The van der Waals surface area contributed by atoms with Crippen LogP contribution in [0.15, 0.2) is 30.3 Å². The predicted octanol–water partition coefficient (Wildman–Crippen LogP) is 4.06. The van der Waals surface area contributed by atoms with Gasteiger partial charge in [0.15, 0.2) is 0 Å². The number of hydrogen-bond acceptors (Lipinski definition) is 2. The van der Waals surface area contributed by atoms with Gasteiger partial charge in [0.05, 0.1) is 0 Å². The van der Waals surface area contributed by atoms with Gasteiger partial charge in [-0.1, -0.05) is 57.0 Å². The SMILES string of the molecule is CC(C)CC1(C(CCc2ccccc2)NN)CCCC1. The van der Waals surface area contributed by atoms with Crippen LogP contribution >= 0.6 is 0 Å². The lowest BCUT2D eigenvalue weighted by Gasteiger charge is -2.39. The third-order valence-electron chi connectivity index (χ3n) is 4.92. The van der Waals surface area contributed by atoms with Gasteiger partial charge < -0.3 is 0 Å². The molecule has 3 N–H and O–H groups in total. The van der Waals surface area contributed by atoms with Gasteiger partial charge in [0, 0.05) is 6.04 Å². The van der Waals surface area contributed by atoms with Crippen LogP contribution in [-0.4, -0.2) is 6.04 Å². The molecular weight excluding hydrogens is 244 g/mol. The molecule has 0 spiro atoms. The van der Waals surface area contributed by atoms with Crippen molar-refractivity contribution in [3.63, 3.8) is 0 Å². The average molecular weight is 274 g/mol. The van der Waals surface area contributed by atoms with E-state index in [9.17, 15) is 0 Å². The first-order chi connectivity index (χ1) is 9.66. The predicted molar refractivity (Wildman–Crippen MR) is 86.2 cm³/mol. The quantitative estimate of drug-likeness (QED) is 0.581. The number of aryl methyl sites for hydroxylation is 1. The van der Waals surface area contributed by atoms with Crippen LogP contribution in [0.5, 0.6) is 0 Å². The lowest BCUT2D eigenvalue weighted by Crippen LogP contribution is -2.48. The minimum Gasteiger partial charge on any atom is -0.271 e. The fourth-order valence-electron chi connectivity index (χ4n) is 4.11. The molecule has 0 aromatic heterocycles. The fourth-order valence-corrected chi connectivity index (χ4v) is 4.11. The Bertz CT molecular complexity index is 380. The van der Waals surface area contributed by atoms with Gasteiger partial charge in [-0.05, 0) is 49.0 Å². The van der Waals surface area contributed by atoms with Crippen molar-refractivity contribution in [2.24, 2.45) is 17.2 Å². The first-order valence-corrected chi connectivity index (χ1v) is 8.16. The van der Waals surface area contributed by atoms with Crippen molar-refractivity contribution >= 4 is 0 Å². The standard InChI is InChI=1S/C18H30N2/c1-15(2)14-18(12-6-7-13-18)17(20-19)11-10-16-8-4-3-5-9-16/h3-5,8-9,15,17,20H,6-7,10-14,19H2,1-2H3. The Kier molecular flexibility index (Phi) is 5.62. The van der Waals surface area contributed by atoms with E-state index in [0.29, 0.717) is 11.5 Å². The Morgan fingerprint density at radius 2 is 1.80 bits per heavy atom. The van der Waals surface area contributed by atoms with Gasteiger partial charge in [0.2, 0.25) is 0 Å². The van der Waals surface area contributed by atoms with E-state index in [1.165, 1.54) is 37.7 Å². The molecule has 1 aromatic rings. The molecule has 0 heterocycles. The van der Waals surface area contributed by atoms with Gasteiger partial charge in [0.1, 0.15) is 0 Å². The molecule has 1 unspecified atom stereocenters. The van der Waals surface area contributed by atoms with Crippen molar-refractivity contribution in [2.75, 3.05) is 0 Å². The van der Waals surface area contributed by atoms with Crippen LogP contribution in [0.2, 0.25) is 0 Å². The van der Waals surface area contributed by atoms with Gasteiger partial charge in [-0.2, -0.15) is 0 Å². The number of rotatable bonds is 7. The second kappa shape index (κ2) is 7.24. The number of nitrogens with two attached hydrogens (primary N) is 1. The molecule has 1 aromatic carbocycles. The highest BCUT2D eigenvalue weighted by atomic mass is 15.2. The molecule has 1 atom stereocenters. The molecule has 2 heteroatoms. The first kappa shape index (κ1) is 15.5. The van der Waals surface area contributed by atoms with Crippen LogP contribution in [0.4, 0.5) is 0 Å². The Balaban J connectivity index is 2.01. The van der Waals surface area contributed by atoms with Gasteiger partial charge in [0.25, 0.3) is 0 Å². The molecule has 1 aliphatic rings. The molecular formula is C18H30N2. The minimum atomic E-state index is 0.428. The maximum atomic E-state index is 5.93. The zero-order chi connectivity index (χ0) is 14.4. The molecule has 1 saturated carbocycles. The molecule has 112 valence electrons. The van der Waals surface area contributed by atoms with E-state index < -0.39 is 0 Å². The molecule has 0 bridgehead atoms. The first-order valence-electron chi connectivity index (χ1n) is 8.16.